The van der Waals surface area contributed by atoms with Crippen LogP contribution in [0.3, 0.4) is 0 Å². The third-order valence-electron chi connectivity index (χ3n) is 5.42. The molecule has 0 aromatic heterocycles. The summed E-state index contributed by atoms with van der Waals surface area (Å²) in [5.41, 5.74) is 8.97. The van der Waals surface area contributed by atoms with Crippen LogP contribution < -0.4 is 0 Å². The Morgan fingerprint density at radius 1 is 0.731 bits per heavy atom. The average Bonchev–Trinajstić information content (AvgIpc) is 3.27. The second-order valence-electron chi connectivity index (χ2n) is 7.21. The quantitative estimate of drug-likeness (QED) is 0.514. The van der Waals surface area contributed by atoms with Crippen LogP contribution >= 0.6 is 0 Å². The zero-order chi connectivity index (χ0) is 19.3. The molecule has 0 N–H and O–H groups in total. The highest BCUT2D eigenvalue weighted by Crippen LogP contribution is 2.56. The van der Waals surface area contributed by atoms with E-state index in [0.717, 1.165) is 6.42 Å². The maximum Gasteiger partial charge on any atom is 0.0190 e. The van der Waals surface area contributed by atoms with Gasteiger partial charge in [0.15, 0.2) is 0 Å². The number of hydrogen-bond acceptors (Lipinski definition) is 0. The Kier molecular flexibility index (Phi) is 6.64. The second kappa shape index (κ2) is 8.54. The van der Waals surface area contributed by atoms with Crippen molar-refractivity contribution in [3.63, 3.8) is 0 Å². The lowest BCUT2D eigenvalue weighted by Crippen LogP contribution is -2.24. The van der Waals surface area contributed by atoms with Gasteiger partial charge in [0.2, 0.25) is 0 Å². The molecular weight excluding hydrogens is 312 g/mol. The average molecular weight is 347 g/mol. The van der Waals surface area contributed by atoms with E-state index in [1.165, 1.54) is 27.8 Å². The first-order chi connectivity index (χ1) is 12.6. The molecule has 0 unspecified atom stereocenters. The van der Waals surface area contributed by atoms with E-state index in [2.05, 4.69) is 81.5 Å². The molecule has 2 aromatic rings. The summed E-state index contributed by atoms with van der Waals surface area (Å²) < 4.78 is 0. The fourth-order valence-electron chi connectivity index (χ4n) is 4.22. The summed E-state index contributed by atoms with van der Waals surface area (Å²) in [5.74, 6) is 0.449. The van der Waals surface area contributed by atoms with Crippen molar-refractivity contribution in [3.8, 4) is 11.1 Å². The molecule has 138 valence electrons. The molecule has 0 fully saturated rings. The summed E-state index contributed by atoms with van der Waals surface area (Å²) in [6.07, 6.45) is 5.75. The van der Waals surface area contributed by atoms with Gasteiger partial charge in [-0.3, -0.25) is 0 Å². The first kappa shape index (κ1) is 20.2. The fourth-order valence-corrected chi connectivity index (χ4v) is 4.22. The highest BCUT2D eigenvalue weighted by Gasteiger charge is 2.41. The topological polar surface area (TPSA) is 0 Å². The van der Waals surface area contributed by atoms with Crippen LogP contribution in [0, 0.1) is 5.41 Å². The van der Waals surface area contributed by atoms with Crippen molar-refractivity contribution in [3.05, 3.63) is 83.0 Å². The van der Waals surface area contributed by atoms with Crippen LogP contribution in [0.15, 0.2) is 71.8 Å². The maximum atomic E-state index is 2.41. The van der Waals surface area contributed by atoms with Crippen LogP contribution in [0.25, 0.3) is 11.1 Å². The Labute approximate surface area is 160 Å². The molecule has 2 aliphatic rings. The largest absolute Gasteiger partial charge is 0.0692 e. The maximum absolute atomic E-state index is 2.41. The van der Waals surface area contributed by atoms with Gasteiger partial charge in [0.1, 0.15) is 0 Å². The first-order valence-corrected chi connectivity index (χ1v) is 10.1. The lowest BCUT2D eigenvalue weighted by Gasteiger charge is -2.35. The molecule has 0 amide bonds. The van der Waals surface area contributed by atoms with Gasteiger partial charge in [0.25, 0.3) is 0 Å². The summed E-state index contributed by atoms with van der Waals surface area (Å²) in [6.45, 7) is 15.1. The lowest BCUT2D eigenvalue weighted by molar-refractivity contribution is 0.387. The summed E-state index contributed by atoms with van der Waals surface area (Å²) in [7, 11) is 0. The van der Waals surface area contributed by atoms with Crippen LogP contribution in [0.1, 0.15) is 71.9 Å². The Balaban J connectivity index is 0.000000570. The molecule has 26 heavy (non-hydrogen) atoms. The molecule has 0 heteroatoms. The van der Waals surface area contributed by atoms with E-state index in [4.69, 9.17) is 0 Å². The zero-order valence-corrected chi connectivity index (χ0v) is 17.6. The molecule has 0 saturated carbocycles. The molecule has 0 spiro atoms. The standard InChI is InChI=1S/C22H22.2C2H6/c1-15-12-13-16(14-15)22(2,3)21-19-10-6-4-8-17(19)18-9-5-7-11-20(18)21;2*1-2/h4-13,21H,14H2,1-3H3;2*1-2H3. The minimum atomic E-state index is 0.136. The van der Waals surface area contributed by atoms with Crippen molar-refractivity contribution >= 4 is 0 Å². The van der Waals surface area contributed by atoms with Gasteiger partial charge in [-0.15, -0.1) is 0 Å². The molecule has 0 saturated heterocycles. The lowest BCUT2D eigenvalue weighted by atomic mass is 9.68. The molecule has 0 nitrogen and oxygen atoms in total. The number of rotatable bonds is 2. The van der Waals surface area contributed by atoms with Crippen LogP contribution in [-0.2, 0) is 0 Å². The number of hydrogen-bond donors (Lipinski definition) is 0. The van der Waals surface area contributed by atoms with E-state index in [-0.39, 0.29) is 5.41 Å². The predicted molar refractivity (Wildman–Crippen MR) is 117 cm³/mol. The third-order valence-corrected chi connectivity index (χ3v) is 5.42. The number of allylic oxidation sites excluding steroid dienone is 4. The van der Waals surface area contributed by atoms with Gasteiger partial charge in [-0.05, 0) is 41.0 Å². The second-order valence-corrected chi connectivity index (χ2v) is 7.21. The van der Waals surface area contributed by atoms with Crippen LogP contribution in [0.2, 0.25) is 0 Å². The summed E-state index contributed by atoms with van der Waals surface area (Å²) >= 11 is 0. The van der Waals surface area contributed by atoms with Crippen LogP contribution in [0.4, 0.5) is 0 Å². The fraction of sp³-hybridized carbons (Fsp3) is 0.385. The van der Waals surface area contributed by atoms with Gasteiger partial charge in [-0.25, -0.2) is 0 Å². The molecule has 0 heterocycles. The molecule has 0 bridgehead atoms. The Morgan fingerprint density at radius 2 is 1.19 bits per heavy atom. The van der Waals surface area contributed by atoms with Gasteiger partial charge in [-0.1, -0.05) is 113 Å². The van der Waals surface area contributed by atoms with E-state index in [1.807, 2.05) is 27.7 Å². The SMILES string of the molecule is CC.CC.CC1=CC=C(C(C)(C)C2c3ccccc3-c3ccccc32)C1. The Hall–Kier alpha value is -2.08. The van der Waals surface area contributed by atoms with Crippen molar-refractivity contribution in [1.29, 1.82) is 0 Å². The Bertz CT molecular complexity index is 757. The first-order valence-electron chi connectivity index (χ1n) is 10.1. The normalized spacial score (nSPS) is 14.9. The highest BCUT2D eigenvalue weighted by atomic mass is 14.4. The van der Waals surface area contributed by atoms with Gasteiger partial charge in [0.05, 0.1) is 0 Å². The van der Waals surface area contributed by atoms with E-state index >= 15 is 0 Å². The number of benzene rings is 2. The smallest absolute Gasteiger partial charge is 0.0190 e. The molecule has 0 radical (unpaired) electrons. The van der Waals surface area contributed by atoms with E-state index < -0.39 is 0 Å². The van der Waals surface area contributed by atoms with Gasteiger partial charge < -0.3 is 0 Å². The van der Waals surface area contributed by atoms with Crippen LogP contribution in [-0.4, -0.2) is 0 Å². The van der Waals surface area contributed by atoms with Gasteiger partial charge in [-0.2, -0.15) is 0 Å². The number of fused-ring (bicyclic) bond motifs is 3. The van der Waals surface area contributed by atoms with E-state index in [1.54, 1.807) is 5.57 Å². The van der Waals surface area contributed by atoms with Gasteiger partial charge >= 0.3 is 0 Å². The predicted octanol–water partition coefficient (Wildman–Crippen LogP) is 8.15. The third kappa shape index (κ3) is 3.43. The molecule has 0 atom stereocenters. The molecule has 4 rings (SSSR count). The minimum Gasteiger partial charge on any atom is -0.0692 e. The highest BCUT2D eigenvalue weighted by molar-refractivity contribution is 5.79. The summed E-state index contributed by atoms with van der Waals surface area (Å²) in [4.78, 5) is 0. The molecule has 0 aliphatic heterocycles. The van der Waals surface area contributed by atoms with Crippen molar-refractivity contribution in [1.82, 2.24) is 0 Å². The zero-order valence-electron chi connectivity index (χ0n) is 17.6. The van der Waals surface area contributed by atoms with E-state index in [0.29, 0.717) is 5.92 Å². The van der Waals surface area contributed by atoms with Crippen molar-refractivity contribution < 1.29 is 0 Å². The van der Waals surface area contributed by atoms with Gasteiger partial charge in [0, 0.05) is 5.92 Å². The molecule has 2 aliphatic carbocycles. The van der Waals surface area contributed by atoms with Crippen molar-refractivity contribution in [2.24, 2.45) is 5.41 Å². The monoisotopic (exact) mass is 346 g/mol. The minimum absolute atomic E-state index is 0.136. The Morgan fingerprint density at radius 3 is 1.62 bits per heavy atom. The molecule has 2 aromatic carbocycles. The summed E-state index contributed by atoms with van der Waals surface area (Å²) in [5, 5.41) is 0. The van der Waals surface area contributed by atoms with Crippen molar-refractivity contribution in [2.75, 3.05) is 0 Å². The van der Waals surface area contributed by atoms with Crippen molar-refractivity contribution in [2.45, 2.75) is 60.8 Å². The van der Waals surface area contributed by atoms with Crippen LogP contribution in [0.5, 0.6) is 0 Å². The van der Waals surface area contributed by atoms with E-state index in [9.17, 15) is 0 Å². The summed E-state index contributed by atoms with van der Waals surface area (Å²) in [6, 6.07) is 17.9. The molecular formula is C26H34.